The van der Waals surface area contributed by atoms with Crippen LogP contribution in [0.25, 0.3) is 0 Å². The Morgan fingerprint density at radius 2 is 2.06 bits per heavy atom. The molecule has 0 aliphatic carbocycles. The summed E-state index contributed by atoms with van der Waals surface area (Å²) in [6, 6.07) is 0.0734. The molecule has 18 heavy (non-hydrogen) atoms. The van der Waals surface area contributed by atoms with E-state index in [1.54, 1.807) is 7.11 Å². The minimum atomic E-state index is 0.0734. The molecule has 0 spiro atoms. The molecule has 1 N–H and O–H groups in total. The van der Waals surface area contributed by atoms with Crippen molar-refractivity contribution in [3.05, 3.63) is 0 Å². The second-order valence-electron chi connectivity index (χ2n) is 5.16. The van der Waals surface area contributed by atoms with Crippen molar-refractivity contribution in [2.45, 2.75) is 25.3 Å². The fourth-order valence-electron chi connectivity index (χ4n) is 2.70. The van der Waals surface area contributed by atoms with Crippen molar-refractivity contribution < 1.29 is 9.53 Å². The van der Waals surface area contributed by atoms with E-state index in [9.17, 15) is 4.79 Å². The molecule has 2 heterocycles. The highest BCUT2D eigenvalue weighted by Crippen LogP contribution is 2.11. The van der Waals surface area contributed by atoms with E-state index >= 15 is 0 Å². The molecule has 0 bridgehead atoms. The number of carbonyl (C=O) groups excluding carboxylic acids is 1. The van der Waals surface area contributed by atoms with Gasteiger partial charge >= 0.3 is 0 Å². The standard InChI is InChI=1S/C13H25N3O2/c1-18-11-10-15-6-8-16(9-7-15)13(17)12-4-2-3-5-14-12/h12,14H,2-11H2,1H3/t12-/m1/s1. The molecule has 0 unspecified atom stereocenters. The Labute approximate surface area is 109 Å². The minimum Gasteiger partial charge on any atom is -0.383 e. The Morgan fingerprint density at radius 3 is 2.67 bits per heavy atom. The summed E-state index contributed by atoms with van der Waals surface area (Å²) in [5, 5.41) is 3.34. The van der Waals surface area contributed by atoms with Crippen molar-refractivity contribution in [2.75, 3.05) is 53.0 Å². The van der Waals surface area contributed by atoms with Crippen molar-refractivity contribution in [3.8, 4) is 0 Å². The molecule has 0 radical (unpaired) electrons. The van der Waals surface area contributed by atoms with Crippen molar-refractivity contribution in [3.63, 3.8) is 0 Å². The maximum Gasteiger partial charge on any atom is 0.239 e. The first-order chi connectivity index (χ1) is 8.81. The second-order valence-corrected chi connectivity index (χ2v) is 5.16. The Morgan fingerprint density at radius 1 is 1.28 bits per heavy atom. The highest BCUT2D eigenvalue weighted by atomic mass is 16.5. The number of rotatable bonds is 4. The summed E-state index contributed by atoms with van der Waals surface area (Å²) < 4.78 is 5.08. The third-order valence-electron chi connectivity index (χ3n) is 3.90. The van der Waals surface area contributed by atoms with Gasteiger partial charge in [0.15, 0.2) is 0 Å². The third kappa shape index (κ3) is 3.67. The molecule has 2 aliphatic heterocycles. The van der Waals surface area contributed by atoms with E-state index in [4.69, 9.17) is 4.74 Å². The van der Waals surface area contributed by atoms with Gasteiger partial charge < -0.3 is 15.0 Å². The number of hydrogen-bond donors (Lipinski definition) is 1. The molecule has 1 atom stereocenters. The largest absolute Gasteiger partial charge is 0.383 e. The Kier molecular flexibility index (Phi) is 5.41. The van der Waals surface area contributed by atoms with Gasteiger partial charge in [0.2, 0.25) is 5.91 Å². The van der Waals surface area contributed by atoms with Crippen LogP contribution in [0.5, 0.6) is 0 Å². The topological polar surface area (TPSA) is 44.8 Å². The molecular formula is C13H25N3O2. The molecule has 104 valence electrons. The van der Waals surface area contributed by atoms with Crippen LogP contribution in [0.15, 0.2) is 0 Å². The van der Waals surface area contributed by atoms with Crippen LogP contribution >= 0.6 is 0 Å². The Bertz CT molecular complexity index is 259. The lowest BCUT2D eigenvalue weighted by molar-refractivity contribution is -0.135. The van der Waals surface area contributed by atoms with E-state index in [1.165, 1.54) is 12.8 Å². The summed E-state index contributed by atoms with van der Waals surface area (Å²) >= 11 is 0. The molecule has 2 aliphatic rings. The predicted octanol–water partition coefficient (Wildman–Crippen LogP) is -0.0809. The molecule has 5 nitrogen and oxygen atoms in total. The fraction of sp³-hybridized carbons (Fsp3) is 0.923. The van der Waals surface area contributed by atoms with Gasteiger partial charge in [0.05, 0.1) is 12.6 Å². The molecule has 2 fully saturated rings. The number of nitrogens with zero attached hydrogens (tertiary/aromatic N) is 2. The smallest absolute Gasteiger partial charge is 0.239 e. The SMILES string of the molecule is COCCN1CCN(C(=O)[C@H]2CCCCN2)CC1. The normalized spacial score (nSPS) is 26.3. The lowest BCUT2D eigenvalue weighted by atomic mass is 10.0. The van der Waals surface area contributed by atoms with Gasteiger partial charge in [0.1, 0.15) is 0 Å². The highest BCUT2D eigenvalue weighted by Gasteiger charge is 2.27. The molecule has 0 aromatic rings. The zero-order valence-electron chi connectivity index (χ0n) is 11.4. The van der Waals surface area contributed by atoms with Gasteiger partial charge in [-0.1, -0.05) is 6.42 Å². The summed E-state index contributed by atoms with van der Waals surface area (Å²) in [6.07, 6.45) is 3.38. The zero-order valence-corrected chi connectivity index (χ0v) is 11.4. The van der Waals surface area contributed by atoms with Crippen LogP contribution in [0.4, 0.5) is 0 Å². The number of methoxy groups -OCH3 is 1. The van der Waals surface area contributed by atoms with Crippen LogP contribution < -0.4 is 5.32 Å². The van der Waals surface area contributed by atoms with Gasteiger partial charge in [0.25, 0.3) is 0 Å². The molecule has 5 heteroatoms. The van der Waals surface area contributed by atoms with Crippen LogP contribution in [0.2, 0.25) is 0 Å². The van der Waals surface area contributed by atoms with E-state index in [1.807, 2.05) is 4.90 Å². The van der Waals surface area contributed by atoms with Crippen molar-refractivity contribution in [1.82, 2.24) is 15.1 Å². The number of carbonyl (C=O) groups is 1. The molecule has 2 saturated heterocycles. The van der Waals surface area contributed by atoms with E-state index in [-0.39, 0.29) is 6.04 Å². The summed E-state index contributed by atoms with van der Waals surface area (Å²) in [4.78, 5) is 16.7. The minimum absolute atomic E-state index is 0.0734. The maximum atomic E-state index is 12.3. The second kappa shape index (κ2) is 7.07. The fourth-order valence-corrected chi connectivity index (χ4v) is 2.70. The van der Waals surface area contributed by atoms with Gasteiger partial charge in [-0.3, -0.25) is 9.69 Å². The monoisotopic (exact) mass is 255 g/mol. The Balaban J connectivity index is 1.73. The van der Waals surface area contributed by atoms with E-state index in [2.05, 4.69) is 10.2 Å². The van der Waals surface area contributed by atoms with E-state index in [0.717, 1.165) is 52.3 Å². The van der Waals surface area contributed by atoms with Gasteiger partial charge in [-0.25, -0.2) is 0 Å². The van der Waals surface area contributed by atoms with Gasteiger partial charge in [-0.2, -0.15) is 0 Å². The average Bonchev–Trinajstić information content (AvgIpc) is 2.46. The number of hydrogen-bond acceptors (Lipinski definition) is 4. The average molecular weight is 255 g/mol. The highest BCUT2D eigenvalue weighted by molar-refractivity contribution is 5.82. The number of ether oxygens (including phenoxy) is 1. The molecular weight excluding hydrogens is 230 g/mol. The summed E-state index contributed by atoms with van der Waals surface area (Å²) in [5.74, 6) is 0.307. The molecule has 1 amide bonds. The van der Waals surface area contributed by atoms with Crippen molar-refractivity contribution in [2.24, 2.45) is 0 Å². The maximum absolute atomic E-state index is 12.3. The van der Waals surface area contributed by atoms with Gasteiger partial charge in [-0.15, -0.1) is 0 Å². The lowest BCUT2D eigenvalue weighted by Crippen LogP contribution is -2.55. The quantitative estimate of drug-likeness (QED) is 0.763. The molecule has 0 aromatic carbocycles. The molecule has 0 saturated carbocycles. The summed E-state index contributed by atoms with van der Waals surface area (Å²) in [7, 11) is 1.73. The first kappa shape index (κ1) is 13.8. The lowest BCUT2D eigenvalue weighted by Gasteiger charge is -2.37. The first-order valence-corrected chi connectivity index (χ1v) is 7.04. The van der Waals surface area contributed by atoms with Crippen LogP contribution in [0.1, 0.15) is 19.3 Å². The zero-order chi connectivity index (χ0) is 12.8. The Hall–Kier alpha value is -0.650. The molecule has 2 rings (SSSR count). The van der Waals surface area contributed by atoms with Crippen LogP contribution in [0.3, 0.4) is 0 Å². The first-order valence-electron chi connectivity index (χ1n) is 7.04. The van der Waals surface area contributed by atoms with Crippen LogP contribution in [0, 0.1) is 0 Å². The summed E-state index contributed by atoms with van der Waals surface area (Å²) in [6.45, 7) is 6.41. The predicted molar refractivity (Wildman–Crippen MR) is 70.5 cm³/mol. The number of amides is 1. The van der Waals surface area contributed by atoms with E-state index in [0.29, 0.717) is 5.91 Å². The van der Waals surface area contributed by atoms with Gasteiger partial charge in [-0.05, 0) is 19.4 Å². The van der Waals surface area contributed by atoms with Gasteiger partial charge in [0, 0.05) is 39.8 Å². The third-order valence-corrected chi connectivity index (χ3v) is 3.90. The number of piperazine rings is 1. The van der Waals surface area contributed by atoms with Crippen molar-refractivity contribution in [1.29, 1.82) is 0 Å². The number of piperidine rings is 1. The number of nitrogens with one attached hydrogen (secondary N) is 1. The molecule has 0 aromatic heterocycles. The van der Waals surface area contributed by atoms with Crippen LogP contribution in [-0.4, -0.2) is 74.7 Å². The van der Waals surface area contributed by atoms with E-state index < -0.39 is 0 Å². The summed E-state index contributed by atoms with van der Waals surface area (Å²) in [5.41, 5.74) is 0. The van der Waals surface area contributed by atoms with Crippen LogP contribution in [-0.2, 0) is 9.53 Å². The van der Waals surface area contributed by atoms with Crippen molar-refractivity contribution >= 4 is 5.91 Å².